The zero-order valence-corrected chi connectivity index (χ0v) is 14.9. The van der Waals surface area contributed by atoms with Crippen molar-refractivity contribution in [1.82, 2.24) is 5.32 Å². The predicted octanol–water partition coefficient (Wildman–Crippen LogP) is 3.44. The third-order valence-electron chi connectivity index (χ3n) is 5.98. The number of aryl methyl sites for hydroxylation is 2. The number of nitrogens with one attached hydrogen (secondary N) is 2. The molecule has 0 radical (unpaired) electrons. The van der Waals surface area contributed by atoms with Gasteiger partial charge in [-0.15, -0.1) is 0 Å². The molecule has 3 rings (SSSR count). The fourth-order valence-electron chi connectivity index (χ4n) is 4.66. The molecule has 4 heteroatoms. The molecule has 0 saturated heterocycles. The molecule has 130 valence electrons. The van der Waals surface area contributed by atoms with Gasteiger partial charge in [-0.2, -0.15) is 0 Å². The van der Waals surface area contributed by atoms with E-state index in [4.69, 9.17) is 0 Å². The van der Waals surface area contributed by atoms with Crippen LogP contribution in [0.25, 0.3) is 0 Å². The summed E-state index contributed by atoms with van der Waals surface area (Å²) in [5.74, 6) is 1.03. The lowest BCUT2D eigenvalue weighted by Crippen LogP contribution is -2.45. The van der Waals surface area contributed by atoms with E-state index in [1.54, 1.807) is 0 Å². The molecule has 0 aliphatic heterocycles. The van der Waals surface area contributed by atoms with Gasteiger partial charge in [0, 0.05) is 11.7 Å². The molecule has 2 N–H and O–H groups in total. The molecule has 2 aliphatic rings. The molecule has 24 heavy (non-hydrogen) atoms. The first-order valence-corrected chi connectivity index (χ1v) is 9.20. The maximum atomic E-state index is 12.3. The molecular formula is C20H28N2O2. The maximum Gasteiger partial charge on any atom is 0.313 e. The van der Waals surface area contributed by atoms with Gasteiger partial charge in [0.25, 0.3) is 0 Å². The Morgan fingerprint density at radius 3 is 2.62 bits per heavy atom. The maximum absolute atomic E-state index is 12.3. The normalized spacial score (nSPS) is 26.2. The van der Waals surface area contributed by atoms with Crippen molar-refractivity contribution >= 4 is 17.5 Å². The molecule has 2 amide bonds. The molecule has 4 atom stereocenters. The van der Waals surface area contributed by atoms with Crippen LogP contribution >= 0.6 is 0 Å². The molecule has 2 bridgehead atoms. The zero-order chi connectivity index (χ0) is 17.3. The van der Waals surface area contributed by atoms with Crippen LogP contribution < -0.4 is 10.6 Å². The first-order chi connectivity index (χ1) is 11.5. The minimum atomic E-state index is -0.561. The van der Waals surface area contributed by atoms with Gasteiger partial charge < -0.3 is 10.6 Å². The molecule has 1 aromatic rings. The number of hydrogen-bond acceptors (Lipinski definition) is 2. The summed E-state index contributed by atoms with van der Waals surface area (Å²) >= 11 is 0. The Morgan fingerprint density at radius 1 is 1.21 bits per heavy atom. The number of hydrogen-bond donors (Lipinski definition) is 2. The molecule has 4 unspecified atom stereocenters. The highest BCUT2D eigenvalue weighted by Gasteiger charge is 2.42. The first kappa shape index (κ1) is 17.0. The van der Waals surface area contributed by atoms with E-state index < -0.39 is 11.8 Å². The number of rotatable bonds is 4. The van der Waals surface area contributed by atoms with Crippen molar-refractivity contribution in [2.24, 2.45) is 17.8 Å². The van der Waals surface area contributed by atoms with Crippen LogP contribution in [0.3, 0.4) is 0 Å². The average Bonchev–Trinajstić information content (AvgIpc) is 3.19. The minimum absolute atomic E-state index is 0.0704. The van der Waals surface area contributed by atoms with Crippen molar-refractivity contribution in [2.75, 3.05) is 5.32 Å². The van der Waals surface area contributed by atoms with Gasteiger partial charge in [0.05, 0.1) is 0 Å². The number of anilines is 1. The fourth-order valence-corrected chi connectivity index (χ4v) is 4.66. The molecule has 0 heterocycles. The summed E-state index contributed by atoms with van der Waals surface area (Å²) in [5.41, 5.74) is 2.81. The smallest absolute Gasteiger partial charge is 0.313 e. The molecule has 0 aromatic heterocycles. The van der Waals surface area contributed by atoms with Gasteiger partial charge in [-0.1, -0.05) is 31.5 Å². The van der Waals surface area contributed by atoms with E-state index in [0.717, 1.165) is 35.1 Å². The lowest BCUT2D eigenvalue weighted by Gasteiger charge is -2.28. The Labute approximate surface area is 144 Å². The van der Waals surface area contributed by atoms with Crippen molar-refractivity contribution in [3.8, 4) is 0 Å². The largest absolute Gasteiger partial charge is 0.345 e. The van der Waals surface area contributed by atoms with Crippen molar-refractivity contribution in [1.29, 1.82) is 0 Å². The van der Waals surface area contributed by atoms with Crippen LogP contribution in [-0.4, -0.2) is 17.9 Å². The highest BCUT2D eigenvalue weighted by Crippen LogP contribution is 2.49. The molecule has 2 fully saturated rings. The highest BCUT2D eigenvalue weighted by atomic mass is 16.2. The van der Waals surface area contributed by atoms with Gasteiger partial charge in [-0.05, 0) is 68.4 Å². The number of fused-ring (bicyclic) bond motifs is 2. The second kappa shape index (κ2) is 6.96. The molecule has 0 spiro atoms. The Hall–Kier alpha value is -1.84. The van der Waals surface area contributed by atoms with E-state index in [0.29, 0.717) is 5.92 Å². The summed E-state index contributed by atoms with van der Waals surface area (Å²) < 4.78 is 0. The molecule has 4 nitrogen and oxygen atoms in total. The predicted molar refractivity (Wildman–Crippen MR) is 95.7 cm³/mol. The zero-order valence-electron chi connectivity index (χ0n) is 14.9. The Morgan fingerprint density at radius 2 is 2.00 bits per heavy atom. The third kappa shape index (κ3) is 3.33. The van der Waals surface area contributed by atoms with Crippen LogP contribution in [-0.2, 0) is 16.0 Å². The Balaban J connectivity index is 1.60. The van der Waals surface area contributed by atoms with E-state index in [2.05, 4.69) is 10.6 Å². The monoisotopic (exact) mass is 328 g/mol. The van der Waals surface area contributed by atoms with E-state index >= 15 is 0 Å². The van der Waals surface area contributed by atoms with E-state index in [9.17, 15) is 9.59 Å². The number of carbonyl (C=O) groups excluding carboxylic acids is 2. The fraction of sp³-hybridized carbons (Fsp3) is 0.600. The van der Waals surface area contributed by atoms with Gasteiger partial charge >= 0.3 is 11.8 Å². The average molecular weight is 328 g/mol. The first-order valence-electron chi connectivity index (χ1n) is 9.20. The summed E-state index contributed by atoms with van der Waals surface area (Å²) in [7, 11) is 0. The number of carbonyl (C=O) groups is 2. The van der Waals surface area contributed by atoms with Gasteiger partial charge in [-0.25, -0.2) is 0 Å². The van der Waals surface area contributed by atoms with Crippen LogP contribution in [0.15, 0.2) is 18.2 Å². The van der Waals surface area contributed by atoms with Crippen LogP contribution in [0, 0.1) is 24.7 Å². The Bertz CT molecular complexity index is 641. The number of benzene rings is 1. The molecule has 2 aliphatic carbocycles. The van der Waals surface area contributed by atoms with E-state index in [-0.39, 0.29) is 6.04 Å². The number of para-hydroxylation sites is 1. The highest BCUT2D eigenvalue weighted by molar-refractivity contribution is 6.39. The van der Waals surface area contributed by atoms with Crippen LogP contribution in [0.2, 0.25) is 0 Å². The number of amides is 2. The second-order valence-corrected chi connectivity index (χ2v) is 7.52. The van der Waals surface area contributed by atoms with Crippen LogP contribution in [0.1, 0.15) is 50.7 Å². The van der Waals surface area contributed by atoms with E-state index in [1.807, 2.05) is 39.0 Å². The van der Waals surface area contributed by atoms with Gasteiger partial charge in [0.15, 0.2) is 0 Å². The summed E-state index contributed by atoms with van der Waals surface area (Å²) in [4.78, 5) is 24.6. The molecule has 1 aromatic carbocycles. The molecular weight excluding hydrogens is 300 g/mol. The van der Waals surface area contributed by atoms with Crippen molar-refractivity contribution in [2.45, 2.75) is 58.9 Å². The van der Waals surface area contributed by atoms with Gasteiger partial charge in [-0.3, -0.25) is 9.59 Å². The summed E-state index contributed by atoms with van der Waals surface area (Å²) in [6.07, 6.45) is 5.95. The van der Waals surface area contributed by atoms with E-state index in [1.165, 1.54) is 25.7 Å². The van der Waals surface area contributed by atoms with Crippen LogP contribution in [0.5, 0.6) is 0 Å². The van der Waals surface area contributed by atoms with Crippen LogP contribution in [0.4, 0.5) is 5.69 Å². The van der Waals surface area contributed by atoms with Crippen molar-refractivity contribution < 1.29 is 9.59 Å². The molecule has 2 saturated carbocycles. The summed E-state index contributed by atoms with van der Waals surface area (Å²) in [5, 5.41) is 5.74. The lowest BCUT2D eigenvalue weighted by molar-refractivity contribution is -0.136. The van der Waals surface area contributed by atoms with Crippen molar-refractivity contribution in [3.05, 3.63) is 29.3 Å². The lowest BCUT2D eigenvalue weighted by atomic mass is 9.84. The second-order valence-electron chi connectivity index (χ2n) is 7.52. The third-order valence-corrected chi connectivity index (χ3v) is 5.98. The van der Waals surface area contributed by atoms with Gasteiger partial charge in [0.2, 0.25) is 0 Å². The topological polar surface area (TPSA) is 58.2 Å². The minimum Gasteiger partial charge on any atom is -0.345 e. The summed E-state index contributed by atoms with van der Waals surface area (Å²) in [6, 6.07) is 5.98. The SMILES string of the molecule is CCc1cccc(C)c1NC(=O)C(=O)NC(C)C1CC2CCC1C2. The van der Waals surface area contributed by atoms with Gasteiger partial charge in [0.1, 0.15) is 0 Å². The Kier molecular flexibility index (Phi) is 4.93. The summed E-state index contributed by atoms with van der Waals surface area (Å²) in [6.45, 7) is 6.04. The standard InChI is InChI=1S/C20H28N2O2/c1-4-15-7-5-6-12(2)18(15)22-20(24)19(23)21-13(3)17-11-14-8-9-16(17)10-14/h5-7,13-14,16-17H,4,8-11H2,1-3H3,(H,21,23)(H,22,24). The van der Waals surface area contributed by atoms with Crippen molar-refractivity contribution in [3.63, 3.8) is 0 Å². The quantitative estimate of drug-likeness (QED) is 0.832.